The second kappa shape index (κ2) is 10.00. The molecule has 2 aliphatic rings. The molecule has 0 aliphatic heterocycles. The molecule has 42 heavy (non-hydrogen) atoms. The standard InChI is InChI=1S/C26H20.C16H16/c1-19-16-17-23-22-14-8-9-15-24(22)26(25(23)18-19,20-10-4-2-5-11-20)21-12-6-3-7-13-21;1-11-8-9-13-12-6-4-5-7-14(12)16(2,3)15(13)10-11/h2-18H,1H3;4-10H,1-3H3. The lowest BCUT2D eigenvalue weighted by molar-refractivity contribution is 0.660. The first-order chi connectivity index (χ1) is 20.4. The lowest BCUT2D eigenvalue weighted by Crippen LogP contribution is -2.28. The molecule has 0 radical (unpaired) electrons. The van der Waals surface area contributed by atoms with Crippen LogP contribution in [0.25, 0.3) is 22.3 Å². The highest BCUT2D eigenvalue weighted by Crippen LogP contribution is 2.56. The van der Waals surface area contributed by atoms with Gasteiger partial charge in [-0.1, -0.05) is 171 Å². The van der Waals surface area contributed by atoms with Gasteiger partial charge < -0.3 is 0 Å². The summed E-state index contributed by atoms with van der Waals surface area (Å²) < 4.78 is 0. The summed E-state index contributed by atoms with van der Waals surface area (Å²) in [5, 5.41) is 0. The number of fused-ring (bicyclic) bond motifs is 6. The van der Waals surface area contributed by atoms with E-state index in [1.807, 2.05) is 0 Å². The van der Waals surface area contributed by atoms with Crippen molar-refractivity contribution in [2.45, 2.75) is 38.5 Å². The summed E-state index contributed by atoms with van der Waals surface area (Å²) >= 11 is 0. The van der Waals surface area contributed by atoms with Crippen molar-refractivity contribution in [2.24, 2.45) is 0 Å². The molecular formula is C42H36. The van der Waals surface area contributed by atoms with Gasteiger partial charge in [0.05, 0.1) is 5.41 Å². The molecule has 0 aromatic heterocycles. The fourth-order valence-electron chi connectivity index (χ4n) is 7.38. The molecule has 0 heterocycles. The van der Waals surface area contributed by atoms with E-state index in [-0.39, 0.29) is 10.8 Å². The van der Waals surface area contributed by atoms with Gasteiger partial charge in [0.15, 0.2) is 0 Å². The summed E-state index contributed by atoms with van der Waals surface area (Å²) in [6, 6.07) is 53.2. The van der Waals surface area contributed by atoms with E-state index >= 15 is 0 Å². The minimum atomic E-state index is -0.263. The van der Waals surface area contributed by atoms with Crippen molar-refractivity contribution in [2.75, 3.05) is 0 Å². The molecule has 0 bridgehead atoms. The normalized spacial score (nSPS) is 14.6. The molecule has 0 saturated heterocycles. The number of rotatable bonds is 2. The Morgan fingerprint density at radius 2 is 0.762 bits per heavy atom. The van der Waals surface area contributed by atoms with Gasteiger partial charge in [0.25, 0.3) is 0 Å². The third kappa shape index (κ3) is 3.90. The van der Waals surface area contributed by atoms with Crippen LogP contribution in [0.3, 0.4) is 0 Å². The zero-order valence-corrected chi connectivity index (χ0v) is 24.9. The highest BCUT2D eigenvalue weighted by atomic mass is 14.5. The van der Waals surface area contributed by atoms with Gasteiger partial charge in [0, 0.05) is 5.41 Å². The highest BCUT2D eigenvalue weighted by molar-refractivity contribution is 5.86. The topological polar surface area (TPSA) is 0 Å². The predicted octanol–water partition coefficient (Wildman–Crippen LogP) is 10.7. The summed E-state index contributed by atoms with van der Waals surface area (Å²) in [5.74, 6) is 0. The van der Waals surface area contributed by atoms with E-state index in [9.17, 15) is 0 Å². The lowest BCUT2D eigenvalue weighted by atomic mass is 9.67. The van der Waals surface area contributed by atoms with Crippen LogP contribution in [0.5, 0.6) is 0 Å². The van der Waals surface area contributed by atoms with E-state index in [0.717, 1.165) is 0 Å². The molecular weight excluding hydrogens is 504 g/mol. The largest absolute Gasteiger partial charge is 0.0713 e. The minimum absolute atomic E-state index is 0.151. The molecule has 0 spiro atoms. The van der Waals surface area contributed by atoms with Crippen LogP contribution in [-0.4, -0.2) is 0 Å². The average Bonchev–Trinajstić information content (AvgIpc) is 3.44. The van der Waals surface area contributed by atoms with Crippen molar-refractivity contribution in [1.29, 1.82) is 0 Å². The molecule has 0 amide bonds. The molecule has 0 saturated carbocycles. The van der Waals surface area contributed by atoms with Crippen LogP contribution >= 0.6 is 0 Å². The first kappa shape index (κ1) is 26.2. The van der Waals surface area contributed by atoms with Crippen molar-refractivity contribution in [3.63, 3.8) is 0 Å². The zero-order chi connectivity index (χ0) is 28.9. The highest BCUT2D eigenvalue weighted by Gasteiger charge is 2.45. The van der Waals surface area contributed by atoms with Crippen LogP contribution in [0.2, 0.25) is 0 Å². The lowest BCUT2D eigenvalue weighted by Gasteiger charge is -2.34. The second-order valence-corrected chi connectivity index (χ2v) is 12.3. The van der Waals surface area contributed by atoms with Crippen LogP contribution in [0.1, 0.15) is 58.4 Å². The molecule has 8 rings (SSSR count). The Bertz CT molecular complexity index is 1870. The van der Waals surface area contributed by atoms with Gasteiger partial charge in [-0.2, -0.15) is 0 Å². The molecule has 0 N–H and O–H groups in total. The van der Waals surface area contributed by atoms with Crippen molar-refractivity contribution >= 4 is 0 Å². The summed E-state index contributed by atoms with van der Waals surface area (Å²) in [6.45, 7) is 8.98. The van der Waals surface area contributed by atoms with Crippen molar-refractivity contribution in [3.05, 3.63) is 190 Å². The van der Waals surface area contributed by atoms with Crippen LogP contribution in [0.15, 0.2) is 146 Å². The van der Waals surface area contributed by atoms with Crippen LogP contribution in [0, 0.1) is 13.8 Å². The maximum Gasteiger partial charge on any atom is 0.0713 e. The van der Waals surface area contributed by atoms with E-state index in [2.05, 4.69) is 173 Å². The van der Waals surface area contributed by atoms with Gasteiger partial charge in [0.1, 0.15) is 0 Å². The first-order valence-electron chi connectivity index (χ1n) is 15.0. The number of aryl methyl sites for hydroxylation is 2. The van der Waals surface area contributed by atoms with Crippen LogP contribution in [0.4, 0.5) is 0 Å². The van der Waals surface area contributed by atoms with Gasteiger partial charge in [-0.3, -0.25) is 0 Å². The molecule has 2 aliphatic carbocycles. The smallest absolute Gasteiger partial charge is 0.0622 e. The van der Waals surface area contributed by atoms with Gasteiger partial charge in [-0.25, -0.2) is 0 Å². The molecule has 6 aromatic rings. The van der Waals surface area contributed by atoms with Crippen LogP contribution < -0.4 is 0 Å². The summed E-state index contributed by atoms with van der Waals surface area (Å²) in [6.07, 6.45) is 0. The molecule has 0 fully saturated rings. The molecule has 6 aromatic carbocycles. The third-order valence-corrected chi connectivity index (χ3v) is 9.35. The van der Waals surface area contributed by atoms with E-state index < -0.39 is 0 Å². The summed E-state index contributed by atoms with van der Waals surface area (Å²) in [4.78, 5) is 0. The Hall–Kier alpha value is -4.68. The summed E-state index contributed by atoms with van der Waals surface area (Å²) in [5.41, 5.74) is 16.4. The quantitative estimate of drug-likeness (QED) is 0.205. The van der Waals surface area contributed by atoms with Gasteiger partial charge >= 0.3 is 0 Å². The number of hydrogen-bond donors (Lipinski definition) is 0. The Morgan fingerprint density at radius 1 is 0.357 bits per heavy atom. The molecule has 0 unspecified atom stereocenters. The maximum atomic E-state index is 2.37. The SMILES string of the molecule is Cc1ccc2c(c1)C(C)(C)c1ccccc1-2.Cc1ccc2c(c1)C(c1ccccc1)(c1ccccc1)c1ccccc1-2. The first-order valence-corrected chi connectivity index (χ1v) is 15.0. The Balaban J connectivity index is 0.000000154. The fourth-order valence-corrected chi connectivity index (χ4v) is 7.38. The zero-order valence-electron chi connectivity index (χ0n) is 24.9. The predicted molar refractivity (Wildman–Crippen MR) is 177 cm³/mol. The third-order valence-electron chi connectivity index (χ3n) is 9.35. The molecule has 0 atom stereocenters. The molecule has 0 heteroatoms. The van der Waals surface area contributed by atoms with E-state index in [1.54, 1.807) is 0 Å². The monoisotopic (exact) mass is 540 g/mol. The van der Waals surface area contributed by atoms with Gasteiger partial charge in [-0.15, -0.1) is 0 Å². The van der Waals surface area contributed by atoms with Gasteiger partial charge in [-0.05, 0) is 69.5 Å². The fraction of sp³-hybridized carbons (Fsp3) is 0.143. The van der Waals surface area contributed by atoms with Crippen LogP contribution in [-0.2, 0) is 10.8 Å². The molecule has 0 nitrogen and oxygen atoms in total. The van der Waals surface area contributed by atoms with Crippen molar-refractivity contribution in [1.82, 2.24) is 0 Å². The average molecular weight is 541 g/mol. The summed E-state index contributed by atoms with van der Waals surface area (Å²) in [7, 11) is 0. The Labute approximate surface area is 250 Å². The number of benzene rings is 6. The Kier molecular flexibility index (Phi) is 6.24. The van der Waals surface area contributed by atoms with E-state index in [4.69, 9.17) is 0 Å². The minimum Gasteiger partial charge on any atom is -0.0622 e. The van der Waals surface area contributed by atoms with E-state index in [1.165, 1.54) is 66.8 Å². The number of hydrogen-bond acceptors (Lipinski definition) is 0. The Morgan fingerprint density at radius 3 is 1.33 bits per heavy atom. The second-order valence-electron chi connectivity index (χ2n) is 12.3. The van der Waals surface area contributed by atoms with Crippen molar-refractivity contribution < 1.29 is 0 Å². The maximum absolute atomic E-state index is 2.37. The molecule has 204 valence electrons. The van der Waals surface area contributed by atoms with E-state index in [0.29, 0.717) is 0 Å². The van der Waals surface area contributed by atoms with Gasteiger partial charge in [0.2, 0.25) is 0 Å². The van der Waals surface area contributed by atoms with Crippen molar-refractivity contribution in [3.8, 4) is 22.3 Å².